The van der Waals surface area contributed by atoms with E-state index in [1.807, 2.05) is 39.0 Å². The van der Waals surface area contributed by atoms with Gasteiger partial charge >= 0.3 is 6.09 Å². The third kappa shape index (κ3) is 5.43. The van der Waals surface area contributed by atoms with Crippen LogP contribution in [0.3, 0.4) is 0 Å². The van der Waals surface area contributed by atoms with Crippen LogP contribution in [0.4, 0.5) is 4.79 Å². The van der Waals surface area contributed by atoms with Crippen molar-refractivity contribution < 1.29 is 33.2 Å². The maximum Gasteiger partial charge on any atom is 0.416 e. The number of benzene rings is 1. The van der Waals surface area contributed by atoms with Crippen LogP contribution in [0, 0.1) is 0 Å². The summed E-state index contributed by atoms with van der Waals surface area (Å²) in [4.78, 5) is 20.1. The fourth-order valence-corrected chi connectivity index (χ4v) is 6.42. The molecule has 0 saturated carbocycles. The first-order valence-corrected chi connectivity index (χ1v) is 13.8. The van der Waals surface area contributed by atoms with Crippen LogP contribution < -0.4 is 0 Å². The predicted octanol–water partition coefficient (Wildman–Crippen LogP) is 4.35. The number of amidine groups is 1. The van der Waals surface area contributed by atoms with Gasteiger partial charge in [-0.1, -0.05) is 30.0 Å². The van der Waals surface area contributed by atoms with Crippen molar-refractivity contribution in [2.75, 3.05) is 27.0 Å². The Morgan fingerprint density at radius 2 is 1.72 bits per heavy atom. The molecule has 0 radical (unpaired) electrons. The summed E-state index contributed by atoms with van der Waals surface area (Å²) in [6.45, 7) is 9.09. The third-order valence-electron chi connectivity index (χ3n) is 6.53. The normalized spacial score (nSPS) is 36.0. The van der Waals surface area contributed by atoms with Gasteiger partial charge in [0.25, 0.3) is 0 Å². The molecule has 7 atom stereocenters. The van der Waals surface area contributed by atoms with Gasteiger partial charge in [-0.05, 0) is 46.8 Å². The third-order valence-corrected chi connectivity index (χ3v) is 8.85. The van der Waals surface area contributed by atoms with Crippen molar-refractivity contribution in [3.05, 3.63) is 30.3 Å². The zero-order chi connectivity index (χ0) is 26.3. The van der Waals surface area contributed by atoms with E-state index >= 15 is 0 Å². The van der Waals surface area contributed by atoms with E-state index in [9.17, 15) is 4.79 Å². The summed E-state index contributed by atoms with van der Waals surface area (Å²) >= 11 is 3.07. The highest BCUT2D eigenvalue weighted by molar-refractivity contribution is 8.14. The summed E-state index contributed by atoms with van der Waals surface area (Å²) in [7, 11) is 4.78. The van der Waals surface area contributed by atoms with E-state index in [0.29, 0.717) is 10.9 Å². The molecule has 3 aliphatic heterocycles. The summed E-state index contributed by atoms with van der Waals surface area (Å²) in [5, 5.41) is 0.511. The van der Waals surface area contributed by atoms with Gasteiger partial charge in [-0.3, -0.25) is 9.89 Å². The summed E-state index contributed by atoms with van der Waals surface area (Å²) in [6.07, 6.45) is -1.73. The largest absolute Gasteiger partial charge is 0.443 e. The van der Waals surface area contributed by atoms with Gasteiger partial charge < -0.3 is 28.4 Å². The van der Waals surface area contributed by atoms with E-state index in [2.05, 4.69) is 12.1 Å². The number of nitrogens with zero attached hydrogens (tertiary/aromatic N) is 2. The molecule has 200 valence electrons. The number of carbonyl (C=O) groups is 1. The first-order valence-electron chi connectivity index (χ1n) is 11.9. The average Bonchev–Trinajstić information content (AvgIpc) is 3.26. The van der Waals surface area contributed by atoms with Crippen LogP contribution in [0.2, 0.25) is 0 Å². The Balaban J connectivity index is 1.60. The number of aliphatic imine (C=N–C) groups is 1. The first kappa shape index (κ1) is 27.7. The molecule has 3 aliphatic rings. The summed E-state index contributed by atoms with van der Waals surface area (Å²) in [5.74, 6) is -1.71. The molecule has 1 amide bonds. The zero-order valence-corrected chi connectivity index (χ0v) is 23.7. The number of methoxy groups -OCH3 is 2. The molecular weight excluding hydrogens is 504 g/mol. The molecule has 2 saturated heterocycles. The molecule has 9 nitrogen and oxygen atoms in total. The number of ether oxygens (including phenoxy) is 6. The van der Waals surface area contributed by atoms with Crippen molar-refractivity contribution in [3.8, 4) is 0 Å². The molecule has 0 N–H and O–H groups in total. The van der Waals surface area contributed by atoms with Crippen LogP contribution in [-0.2, 0) is 28.4 Å². The van der Waals surface area contributed by atoms with Crippen molar-refractivity contribution in [3.63, 3.8) is 0 Å². The highest BCUT2D eigenvalue weighted by atomic mass is 32.2. The van der Waals surface area contributed by atoms with Gasteiger partial charge in [0.1, 0.15) is 29.3 Å². The Hall–Kier alpha value is -1.34. The molecule has 0 bridgehead atoms. The summed E-state index contributed by atoms with van der Waals surface area (Å²) < 4.78 is 36.7. The maximum absolute atomic E-state index is 12.7. The van der Waals surface area contributed by atoms with Crippen molar-refractivity contribution in [1.29, 1.82) is 0 Å². The second kappa shape index (κ2) is 10.4. The number of amides is 1. The fraction of sp³-hybridized carbons (Fsp3) is 0.680. The lowest BCUT2D eigenvalue weighted by Crippen LogP contribution is -2.71. The van der Waals surface area contributed by atoms with Crippen molar-refractivity contribution in [2.45, 2.75) is 86.5 Å². The quantitative estimate of drug-likeness (QED) is 0.506. The minimum atomic E-state index is -1.18. The molecule has 1 unspecified atom stereocenters. The highest BCUT2D eigenvalue weighted by Gasteiger charge is 2.63. The molecule has 3 heterocycles. The second-order valence-electron chi connectivity index (χ2n) is 10.2. The van der Waals surface area contributed by atoms with Gasteiger partial charge in [-0.15, -0.1) is 11.8 Å². The molecule has 0 aliphatic carbocycles. The minimum Gasteiger partial charge on any atom is -0.443 e. The topological polar surface area (TPSA) is 88.1 Å². The Morgan fingerprint density at radius 3 is 2.31 bits per heavy atom. The molecule has 1 aromatic rings. The predicted molar refractivity (Wildman–Crippen MR) is 139 cm³/mol. The van der Waals surface area contributed by atoms with E-state index in [-0.39, 0.29) is 11.5 Å². The Bertz CT molecular complexity index is 975. The molecule has 1 aromatic carbocycles. The van der Waals surface area contributed by atoms with Crippen LogP contribution >= 0.6 is 23.5 Å². The molecule has 4 rings (SSSR count). The monoisotopic (exact) mass is 540 g/mol. The van der Waals surface area contributed by atoms with E-state index in [1.54, 1.807) is 46.9 Å². The number of rotatable bonds is 5. The Kier molecular flexibility index (Phi) is 8.03. The number of hydrogen-bond acceptors (Lipinski definition) is 10. The second-order valence-corrected chi connectivity index (χ2v) is 12.3. The lowest BCUT2D eigenvalue weighted by molar-refractivity contribution is -0.462. The highest BCUT2D eigenvalue weighted by Crippen LogP contribution is 2.48. The molecule has 36 heavy (non-hydrogen) atoms. The standard InChI is InChI=1S/C25H36N2O7S2/c1-23(2,3)34-22(28)27(6)21-26-17-19-18(32-24(4,29-7)25(5,30-8)33-19)16(31-20(17)36-21)14-35-15-12-10-9-11-13-15/h9-13,16-20H,14H2,1-8H3/t16-,17-,18-,19-,20-,24?,25+/m1/s1. The van der Waals surface area contributed by atoms with Gasteiger partial charge in [0.2, 0.25) is 11.6 Å². The SMILES string of the molecule is COC1(C)O[C@H]2[C@H](O[C@]1(C)OC)[C@H]1N=C(N(C)C(=O)OC(C)(C)C)S[C@H]1O[C@@H]2CSc1ccccc1. The van der Waals surface area contributed by atoms with Crippen LogP contribution in [0.15, 0.2) is 40.2 Å². The molecule has 11 heteroatoms. The van der Waals surface area contributed by atoms with Crippen molar-refractivity contribution in [1.82, 2.24) is 4.90 Å². The van der Waals surface area contributed by atoms with E-state index in [0.717, 1.165) is 4.90 Å². The van der Waals surface area contributed by atoms with Crippen LogP contribution in [0.1, 0.15) is 34.6 Å². The van der Waals surface area contributed by atoms with Gasteiger partial charge in [-0.25, -0.2) is 4.79 Å². The van der Waals surface area contributed by atoms with Gasteiger partial charge in [-0.2, -0.15) is 0 Å². The minimum absolute atomic E-state index is 0.314. The molecular formula is C25H36N2O7S2. The van der Waals surface area contributed by atoms with Gasteiger partial charge in [0.05, 0.1) is 6.10 Å². The number of carbonyl (C=O) groups excluding carboxylic acids is 1. The Labute approximate surface area is 221 Å². The number of thioether (sulfide) groups is 2. The summed E-state index contributed by atoms with van der Waals surface area (Å²) in [5.41, 5.74) is -0.974. The van der Waals surface area contributed by atoms with Crippen molar-refractivity contribution >= 4 is 34.8 Å². The Morgan fingerprint density at radius 1 is 1.11 bits per heavy atom. The van der Waals surface area contributed by atoms with E-state index in [4.69, 9.17) is 33.4 Å². The first-order chi connectivity index (χ1) is 16.9. The van der Waals surface area contributed by atoms with Gasteiger partial charge in [0.15, 0.2) is 5.17 Å². The van der Waals surface area contributed by atoms with E-state index < -0.39 is 41.5 Å². The molecule has 0 aromatic heterocycles. The number of hydrogen-bond donors (Lipinski definition) is 0. The van der Waals surface area contributed by atoms with Crippen molar-refractivity contribution in [2.24, 2.45) is 4.99 Å². The van der Waals surface area contributed by atoms with E-state index in [1.165, 1.54) is 16.7 Å². The zero-order valence-electron chi connectivity index (χ0n) is 22.0. The molecule has 0 spiro atoms. The van der Waals surface area contributed by atoms with Crippen LogP contribution in [0.5, 0.6) is 0 Å². The van der Waals surface area contributed by atoms with Crippen LogP contribution in [-0.4, -0.2) is 90.1 Å². The summed E-state index contributed by atoms with van der Waals surface area (Å²) in [6, 6.07) is 9.73. The van der Waals surface area contributed by atoms with Crippen LogP contribution in [0.25, 0.3) is 0 Å². The fourth-order valence-electron chi connectivity index (χ4n) is 4.27. The number of fused-ring (bicyclic) bond motifs is 3. The maximum atomic E-state index is 12.7. The lowest BCUT2D eigenvalue weighted by atomic mass is 9.94. The molecule has 2 fully saturated rings. The lowest BCUT2D eigenvalue weighted by Gasteiger charge is -2.56. The smallest absolute Gasteiger partial charge is 0.416 e. The average molecular weight is 541 g/mol. The van der Waals surface area contributed by atoms with Gasteiger partial charge in [0, 0.05) is 31.9 Å².